The van der Waals surface area contributed by atoms with E-state index in [0.29, 0.717) is 37.4 Å². The van der Waals surface area contributed by atoms with E-state index in [1.54, 1.807) is 17.0 Å². The Morgan fingerprint density at radius 2 is 1.78 bits per heavy atom. The summed E-state index contributed by atoms with van der Waals surface area (Å²) in [6, 6.07) is 13.2. The Labute approximate surface area is 215 Å². The van der Waals surface area contributed by atoms with E-state index in [1.165, 1.54) is 7.11 Å². The number of ether oxygens (including phenoxy) is 2. The maximum atomic E-state index is 12.9. The van der Waals surface area contributed by atoms with E-state index in [0.717, 1.165) is 48.5 Å². The molecule has 2 rings (SSSR count). The average Bonchev–Trinajstić information content (AvgIpc) is 2.79. The van der Waals surface area contributed by atoms with Gasteiger partial charge in [-0.1, -0.05) is 36.8 Å². The van der Waals surface area contributed by atoms with Gasteiger partial charge in [0.05, 0.1) is 19.1 Å². The van der Waals surface area contributed by atoms with Crippen LogP contribution < -0.4 is 9.46 Å². The molecule has 0 heterocycles. The largest absolute Gasteiger partial charge is 0.495 e. The highest BCUT2D eigenvalue weighted by Gasteiger charge is 2.22. The molecular weight excluding hydrogens is 480 g/mol. The number of unbranched alkanes of at least 4 members (excludes halogenated alkanes) is 3. The van der Waals surface area contributed by atoms with E-state index in [4.69, 9.17) is 9.47 Å². The summed E-state index contributed by atoms with van der Waals surface area (Å²) in [5, 5.41) is 0. The molecule has 0 bridgehead atoms. The standard InChI is InChI=1S/C27H38N2O6S/c1-27(2,3)35-26(31)29(17-10-6-7-11-19-30)18-16-21-12-8-9-13-23(21)22-14-15-25(34-4)24(20-22)28-36(5,32)33/h8-9,12-15,19-20,28H,6-7,10-11,16-18H2,1-5H3. The number of carbonyl (C=O) groups excluding carboxylic acids is 2. The lowest BCUT2D eigenvalue weighted by molar-refractivity contribution is -0.107. The van der Waals surface area contributed by atoms with Crippen molar-refractivity contribution in [3.05, 3.63) is 48.0 Å². The summed E-state index contributed by atoms with van der Waals surface area (Å²) in [6.45, 7) is 6.53. The van der Waals surface area contributed by atoms with Crippen molar-refractivity contribution in [2.45, 2.75) is 58.5 Å². The van der Waals surface area contributed by atoms with Crippen molar-refractivity contribution in [1.29, 1.82) is 0 Å². The molecule has 0 aliphatic rings. The number of nitrogens with zero attached hydrogens (tertiary/aromatic N) is 1. The molecule has 2 aromatic rings. The highest BCUT2D eigenvalue weighted by atomic mass is 32.2. The molecule has 0 fully saturated rings. The Bertz CT molecular complexity index is 1130. The van der Waals surface area contributed by atoms with Gasteiger partial charge in [0.15, 0.2) is 0 Å². The van der Waals surface area contributed by atoms with Crippen LogP contribution in [0, 0.1) is 0 Å². The van der Waals surface area contributed by atoms with Crippen LogP contribution in [-0.4, -0.2) is 57.8 Å². The van der Waals surface area contributed by atoms with Crippen molar-refractivity contribution in [1.82, 2.24) is 4.90 Å². The van der Waals surface area contributed by atoms with Crippen LogP contribution in [0.25, 0.3) is 11.1 Å². The molecule has 0 aromatic heterocycles. The van der Waals surface area contributed by atoms with Crippen molar-refractivity contribution >= 4 is 28.1 Å². The Balaban J connectivity index is 2.26. The van der Waals surface area contributed by atoms with Gasteiger partial charge in [-0.2, -0.15) is 0 Å². The van der Waals surface area contributed by atoms with Crippen LogP contribution in [0.15, 0.2) is 42.5 Å². The summed E-state index contributed by atoms with van der Waals surface area (Å²) >= 11 is 0. The highest BCUT2D eigenvalue weighted by molar-refractivity contribution is 7.92. The van der Waals surface area contributed by atoms with Gasteiger partial charge in [0, 0.05) is 19.5 Å². The Morgan fingerprint density at radius 3 is 2.42 bits per heavy atom. The molecule has 1 N–H and O–H groups in total. The first-order chi connectivity index (χ1) is 16.9. The second-order valence-corrected chi connectivity index (χ2v) is 11.4. The number of carbonyl (C=O) groups is 2. The number of sulfonamides is 1. The fraction of sp³-hybridized carbons (Fsp3) is 0.481. The van der Waals surface area contributed by atoms with E-state index in [9.17, 15) is 18.0 Å². The Morgan fingerprint density at radius 1 is 1.06 bits per heavy atom. The molecule has 0 saturated heterocycles. The number of amides is 1. The first-order valence-electron chi connectivity index (χ1n) is 12.1. The van der Waals surface area contributed by atoms with Gasteiger partial charge in [0.2, 0.25) is 10.0 Å². The molecule has 0 atom stereocenters. The van der Waals surface area contributed by atoms with Crippen LogP contribution in [0.3, 0.4) is 0 Å². The summed E-state index contributed by atoms with van der Waals surface area (Å²) in [5.74, 6) is 0.423. The fourth-order valence-electron chi connectivity index (χ4n) is 3.76. The summed E-state index contributed by atoms with van der Waals surface area (Å²) < 4.78 is 37.1. The maximum Gasteiger partial charge on any atom is 0.410 e. The zero-order valence-electron chi connectivity index (χ0n) is 21.9. The number of anilines is 1. The van der Waals surface area contributed by atoms with E-state index < -0.39 is 15.6 Å². The van der Waals surface area contributed by atoms with Gasteiger partial charge < -0.3 is 19.2 Å². The van der Waals surface area contributed by atoms with E-state index in [2.05, 4.69) is 4.72 Å². The minimum absolute atomic E-state index is 0.359. The topological polar surface area (TPSA) is 102 Å². The first-order valence-corrected chi connectivity index (χ1v) is 14.0. The lowest BCUT2D eigenvalue weighted by atomic mass is 9.97. The van der Waals surface area contributed by atoms with E-state index in [1.807, 2.05) is 51.1 Å². The van der Waals surface area contributed by atoms with Gasteiger partial charge in [-0.25, -0.2) is 13.2 Å². The average molecular weight is 519 g/mol. The molecule has 8 nitrogen and oxygen atoms in total. The molecule has 9 heteroatoms. The third-order valence-electron chi connectivity index (χ3n) is 5.38. The lowest BCUT2D eigenvalue weighted by Gasteiger charge is -2.28. The number of hydrogen-bond donors (Lipinski definition) is 1. The molecular formula is C27H38N2O6S. The zero-order chi connectivity index (χ0) is 26.8. The van der Waals surface area contributed by atoms with E-state index in [-0.39, 0.29) is 6.09 Å². The van der Waals surface area contributed by atoms with Crippen molar-refractivity contribution < 1.29 is 27.5 Å². The van der Waals surface area contributed by atoms with Crippen molar-refractivity contribution in [3.8, 4) is 16.9 Å². The highest BCUT2D eigenvalue weighted by Crippen LogP contribution is 2.33. The van der Waals surface area contributed by atoms with Gasteiger partial charge in [0.25, 0.3) is 0 Å². The molecule has 0 saturated carbocycles. The zero-order valence-corrected chi connectivity index (χ0v) is 22.7. The van der Waals surface area contributed by atoms with Crippen LogP contribution in [0.5, 0.6) is 5.75 Å². The summed E-state index contributed by atoms with van der Waals surface area (Å²) in [7, 11) is -2.00. The molecule has 0 aliphatic heterocycles. The fourth-order valence-corrected chi connectivity index (χ4v) is 4.32. The minimum Gasteiger partial charge on any atom is -0.495 e. The molecule has 36 heavy (non-hydrogen) atoms. The third kappa shape index (κ3) is 9.89. The number of methoxy groups -OCH3 is 1. The minimum atomic E-state index is -3.49. The van der Waals surface area contributed by atoms with Gasteiger partial charge in [0.1, 0.15) is 17.6 Å². The normalized spacial score (nSPS) is 11.6. The quantitative estimate of drug-likeness (QED) is 0.286. The Hall–Kier alpha value is -3.07. The number of rotatable bonds is 13. The molecule has 0 aliphatic carbocycles. The molecule has 2 aromatic carbocycles. The molecule has 0 radical (unpaired) electrons. The number of hydrogen-bond acceptors (Lipinski definition) is 6. The van der Waals surface area contributed by atoms with Crippen molar-refractivity contribution in [2.24, 2.45) is 0 Å². The van der Waals surface area contributed by atoms with Gasteiger partial charge in [-0.05, 0) is 68.9 Å². The maximum absolute atomic E-state index is 12.9. The molecule has 0 unspecified atom stereocenters. The molecule has 1 amide bonds. The van der Waals surface area contributed by atoms with Crippen LogP contribution >= 0.6 is 0 Å². The van der Waals surface area contributed by atoms with Crippen molar-refractivity contribution in [3.63, 3.8) is 0 Å². The number of nitrogens with one attached hydrogen (secondary N) is 1. The van der Waals surface area contributed by atoms with Gasteiger partial charge >= 0.3 is 6.09 Å². The second-order valence-electron chi connectivity index (χ2n) is 9.68. The second kappa shape index (κ2) is 13.3. The predicted octanol–water partition coefficient (Wildman–Crippen LogP) is 5.27. The summed E-state index contributed by atoms with van der Waals surface area (Å²) in [6.07, 6.45) is 5.21. The van der Waals surface area contributed by atoms with Crippen LogP contribution in [-0.2, 0) is 26.0 Å². The monoisotopic (exact) mass is 518 g/mol. The first kappa shape index (κ1) is 29.2. The smallest absolute Gasteiger partial charge is 0.410 e. The number of benzene rings is 2. The summed E-state index contributed by atoms with van der Waals surface area (Å²) in [4.78, 5) is 25.2. The van der Waals surface area contributed by atoms with E-state index >= 15 is 0 Å². The van der Waals surface area contributed by atoms with Crippen molar-refractivity contribution in [2.75, 3.05) is 31.2 Å². The van der Waals surface area contributed by atoms with Gasteiger partial charge in [-0.15, -0.1) is 0 Å². The van der Waals surface area contributed by atoms with Crippen LogP contribution in [0.2, 0.25) is 0 Å². The number of aldehydes is 1. The van der Waals surface area contributed by atoms with Gasteiger partial charge in [-0.3, -0.25) is 4.72 Å². The summed E-state index contributed by atoms with van der Waals surface area (Å²) in [5.41, 5.74) is 2.54. The SMILES string of the molecule is COc1ccc(-c2ccccc2CCN(CCCCCC=O)C(=O)OC(C)(C)C)cc1NS(C)(=O)=O. The molecule has 198 valence electrons. The van der Waals surface area contributed by atoms with Crippen LogP contribution in [0.1, 0.15) is 52.0 Å². The van der Waals surface area contributed by atoms with Crippen LogP contribution in [0.4, 0.5) is 10.5 Å². The predicted molar refractivity (Wildman–Crippen MR) is 143 cm³/mol. The third-order valence-corrected chi connectivity index (χ3v) is 5.97. The lowest BCUT2D eigenvalue weighted by Crippen LogP contribution is -2.38. The Kier molecular flexibility index (Phi) is 10.8. The molecule has 0 spiro atoms.